The fourth-order valence-electron chi connectivity index (χ4n) is 0.544. The molecule has 0 saturated heterocycles. The molecule has 0 amide bonds. The van der Waals surface area contributed by atoms with E-state index in [1.54, 1.807) is 6.07 Å². The first kappa shape index (κ1) is 7.71. The fraction of sp³-hybridized carbons (Fsp3) is 0.167. The van der Waals surface area contributed by atoms with Crippen LogP contribution in [0.4, 0.5) is 4.39 Å². The van der Waals surface area contributed by atoms with Crippen LogP contribution in [-0.4, -0.2) is 12.1 Å². The Hall–Kier alpha value is -0.390. The van der Waals surface area contributed by atoms with Crippen LogP contribution in [0.3, 0.4) is 0 Å². The zero-order chi connectivity index (χ0) is 7.56. The first-order valence-electron chi connectivity index (χ1n) is 2.60. The first-order chi connectivity index (χ1) is 4.74. The van der Waals surface area contributed by atoms with E-state index in [1.165, 1.54) is 13.2 Å². The lowest BCUT2D eigenvalue weighted by molar-refractivity contribution is 0.368. The molecule has 0 aliphatic heterocycles. The Balaban J connectivity index is 3.09. The van der Waals surface area contributed by atoms with E-state index in [4.69, 9.17) is 0 Å². The van der Waals surface area contributed by atoms with E-state index in [0.29, 0.717) is 0 Å². The Morgan fingerprint density at radius 3 is 2.80 bits per heavy atom. The average Bonchev–Trinajstić information content (AvgIpc) is 1.94. The third kappa shape index (κ3) is 1.56. The summed E-state index contributed by atoms with van der Waals surface area (Å²) >= 11 is 1.99. The minimum Gasteiger partial charge on any atom is -0.479 e. The fourth-order valence-corrected chi connectivity index (χ4v) is 0.943. The van der Waals surface area contributed by atoms with Gasteiger partial charge in [0.2, 0.25) is 0 Å². The number of ether oxygens (including phenoxy) is 1. The summed E-state index contributed by atoms with van der Waals surface area (Å²) in [5.74, 6) is -0.380. The summed E-state index contributed by atoms with van der Waals surface area (Å²) in [6.07, 6.45) is 0. The molecule has 0 radical (unpaired) electrons. The molecule has 54 valence electrons. The van der Waals surface area contributed by atoms with Gasteiger partial charge in [0.15, 0.2) is 5.82 Å². The maximum absolute atomic E-state index is 12.6. The summed E-state index contributed by atoms with van der Waals surface area (Å²) in [5, 5.41) is 0. The van der Waals surface area contributed by atoms with Crippen LogP contribution in [0.2, 0.25) is 0 Å². The lowest BCUT2D eigenvalue weighted by atomic mass is 10.5. The highest BCUT2D eigenvalue weighted by atomic mass is 127. The summed E-state index contributed by atoms with van der Waals surface area (Å²) in [7, 11) is 1.39. The molecular weight excluding hydrogens is 248 g/mol. The molecule has 0 saturated carbocycles. The molecule has 1 aromatic heterocycles. The Morgan fingerprint density at radius 1 is 1.60 bits per heavy atom. The zero-order valence-corrected chi connectivity index (χ0v) is 7.42. The maximum Gasteiger partial charge on any atom is 0.251 e. The van der Waals surface area contributed by atoms with Gasteiger partial charge in [0.1, 0.15) is 3.70 Å². The molecule has 0 aromatic carbocycles. The topological polar surface area (TPSA) is 22.1 Å². The zero-order valence-electron chi connectivity index (χ0n) is 5.27. The molecule has 0 spiro atoms. The number of rotatable bonds is 1. The smallest absolute Gasteiger partial charge is 0.251 e. The van der Waals surface area contributed by atoms with Crippen molar-refractivity contribution in [1.29, 1.82) is 0 Å². The molecular formula is C6H5FINO. The first-order valence-corrected chi connectivity index (χ1v) is 3.68. The third-order valence-electron chi connectivity index (χ3n) is 0.973. The molecule has 10 heavy (non-hydrogen) atoms. The Labute approximate surface area is 71.6 Å². The minimum absolute atomic E-state index is 0.0481. The molecule has 2 nitrogen and oxygen atoms in total. The predicted octanol–water partition coefficient (Wildman–Crippen LogP) is 1.83. The number of methoxy groups -OCH3 is 1. The highest BCUT2D eigenvalue weighted by Gasteiger charge is 2.01. The van der Waals surface area contributed by atoms with E-state index in [9.17, 15) is 4.39 Å². The van der Waals surface area contributed by atoms with Crippen molar-refractivity contribution in [2.45, 2.75) is 0 Å². The van der Waals surface area contributed by atoms with Gasteiger partial charge in [0.05, 0.1) is 7.11 Å². The van der Waals surface area contributed by atoms with Gasteiger partial charge in [-0.05, 0) is 34.7 Å². The number of aromatic nitrogens is 1. The van der Waals surface area contributed by atoms with E-state index in [0.717, 1.165) is 3.70 Å². The van der Waals surface area contributed by atoms with Gasteiger partial charge in [0.25, 0.3) is 5.88 Å². The highest BCUT2D eigenvalue weighted by Crippen LogP contribution is 2.13. The summed E-state index contributed by atoms with van der Waals surface area (Å²) in [5.41, 5.74) is 0. The standard InChI is InChI=1S/C6H5FINO/c1-10-6-4(7)2-3-5(8)9-6/h2-3H,1H3. The quantitative estimate of drug-likeness (QED) is 0.562. The molecule has 0 aliphatic carbocycles. The third-order valence-corrected chi connectivity index (χ3v) is 1.57. The molecule has 0 bridgehead atoms. The predicted molar refractivity (Wildman–Crippen MR) is 43.5 cm³/mol. The molecule has 1 heterocycles. The second-order valence-corrected chi connectivity index (χ2v) is 2.73. The number of hydrogen-bond donors (Lipinski definition) is 0. The van der Waals surface area contributed by atoms with Gasteiger partial charge < -0.3 is 4.74 Å². The van der Waals surface area contributed by atoms with E-state index in [1.807, 2.05) is 22.6 Å². The molecule has 0 unspecified atom stereocenters. The molecule has 4 heteroatoms. The van der Waals surface area contributed by atoms with E-state index in [-0.39, 0.29) is 5.88 Å². The van der Waals surface area contributed by atoms with Gasteiger partial charge in [-0.1, -0.05) is 0 Å². The SMILES string of the molecule is COc1nc(I)ccc1F. The summed E-state index contributed by atoms with van der Waals surface area (Å²) < 4.78 is 17.9. The average molecular weight is 253 g/mol. The van der Waals surface area contributed by atoms with Gasteiger partial charge >= 0.3 is 0 Å². The van der Waals surface area contributed by atoms with Gasteiger partial charge in [0, 0.05) is 0 Å². The molecule has 1 rings (SSSR count). The van der Waals surface area contributed by atoms with Crippen LogP contribution >= 0.6 is 22.6 Å². The Kier molecular flexibility index (Phi) is 2.42. The van der Waals surface area contributed by atoms with E-state index in [2.05, 4.69) is 9.72 Å². The molecule has 1 aromatic rings. The van der Waals surface area contributed by atoms with Gasteiger partial charge in [-0.3, -0.25) is 0 Å². The normalized spacial score (nSPS) is 9.50. The monoisotopic (exact) mass is 253 g/mol. The van der Waals surface area contributed by atoms with Crippen molar-refractivity contribution < 1.29 is 9.13 Å². The summed E-state index contributed by atoms with van der Waals surface area (Å²) in [4.78, 5) is 3.78. The Morgan fingerprint density at radius 2 is 2.30 bits per heavy atom. The van der Waals surface area contributed by atoms with Crippen LogP contribution in [0.1, 0.15) is 0 Å². The molecule has 0 fully saturated rings. The summed E-state index contributed by atoms with van der Waals surface area (Å²) in [6, 6.07) is 2.91. The van der Waals surface area contributed by atoms with Crippen molar-refractivity contribution in [2.24, 2.45) is 0 Å². The van der Waals surface area contributed by atoms with E-state index < -0.39 is 5.82 Å². The number of halogens is 2. The van der Waals surface area contributed by atoms with Crippen LogP contribution in [0.5, 0.6) is 5.88 Å². The number of hydrogen-bond acceptors (Lipinski definition) is 2. The van der Waals surface area contributed by atoms with Crippen molar-refractivity contribution in [3.63, 3.8) is 0 Å². The van der Waals surface area contributed by atoms with Crippen LogP contribution < -0.4 is 4.74 Å². The van der Waals surface area contributed by atoms with Crippen molar-refractivity contribution in [3.05, 3.63) is 21.7 Å². The van der Waals surface area contributed by atoms with Crippen molar-refractivity contribution in [3.8, 4) is 5.88 Å². The summed E-state index contributed by atoms with van der Waals surface area (Å²) in [6.45, 7) is 0. The Bertz CT molecular complexity index is 241. The second-order valence-electron chi connectivity index (χ2n) is 1.63. The maximum atomic E-state index is 12.6. The molecule has 0 aliphatic rings. The lowest BCUT2D eigenvalue weighted by Crippen LogP contribution is -1.92. The molecule has 0 N–H and O–H groups in total. The van der Waals surface area contributed by atoms with Crippen molar-refractivity contribution in [2.75, 3.05) is 7.11 Å². The van der Waals surface area contributed by atoms with Crippen LogP contribution in [-0.2, 0) is 0 Å². The van der Waals surface area contributed by atoms with Gasteiger partial charge in [-0.15, -0.1) is 0 Å². The number of pyridine rings is 1. The van der Waals surface area contributed by atoms with Crippen molar-refractivity contribution in [1.82, 2.24) is 4.98 Å². The minimum atomic E-state index is -0.428. The molecule has 0 atom stereocenters. The van der Waals surface area contributed by atoms with Gasteiger partial charge in [-0.2, -0.15) is 0 Å². The number of nitrogens with zero attached hydrogens (tertiary/aromatic N) is 1. The van der Waals surface area contributed by atoms with Crippen molar-refractivity contribution >= 4 is 22.6 Å². The van der Waals surface area contributed by atoms with E-state index >= 15 is 0 Å². The van der Waals surface area contributed by atoms with Crippen LogP contribution in [0.15, 0.2) is 12.1 Å². The van der Waals surface area contributed by atoms with Gasteiger partial charge in [-0.25, -0.2) is 9.37 Å². The van der Waals surface area contributed by atoms with Crippen LogP contribution in [0, 0.1) is 9.52 Å². The second kappa shape index (κ2) is 3.14. The largest absolute Gasteiger partial charge is 0.479 e. The highest BCUT2D eigenvalue weighted by molar-refractivity contribution is 14.1. The van der Waals surface area contributed by atoms with Crippen LogP contribution in [0.25, 0.3) is 0 Å². The lowest BCUT2D eigenvalue weighted by Gasteiger charge is -1.98.